The number of hydrogen-bond acceptors (Lipinski definition) is 4. The number of nitrogens with zero attached hydrogens (tertiary/aromatic N) is 1. The monoisotopic (exact) mass is 314 g/mol. The quantitative estimate of drug-likeness (QED) is 0.790. The van der Waals surface area contributed by atoms with Crippen LogP contribution in [0.5, 0.6) is 5.75 Å². The van der Waals surface area contributed by atoms with E-state index in [-0.39, 0.29) is 12.5 Å². The number of anilines is 1. The van der Waals surface area contributed by atoms with Crippen molar-refractivity contribution in [1.29, 1.82) is 0 Å². The number of carbonyl (C=O) groups excluding carboxylic acids is 1. The molecule has 1 aromatic heterocycles. The molecule has 122 valence electrons. The van der Waals surface area contributed by atoms with Crippen LogP contribution in [0.1, 0.15) is 29.2 Å². The zero-order valence-electron chi connectivity index (χ0n) is 13.5. The molecule has 1 aromatic carbocycles. The minimum Gasteiger partial charge on any atom is -0.483 e. The predicted octanol–water partition coefficient (Wildman–Crippen LogP) is 2.12. The Kier molecular flexibility index (Phi) is 4.62. The summed E-state index contributed by atoms with van der Waals surface area (Å²) in [7, 11) is 0. The topological polar surface area (TPSA) is 79.0 Å². The van der Waals surface area contributed by atoms with Crippen molar-refractivity contribution in [2.24, 2.45) is 0 Å². The molecule has 0 radical (unpaired) electrons. The van der Waals surface area contributed by atoms with E-state index in [0.29, 0.717) is 5.92 Å². The third-order valence-corrected chi connectivity index (χ3v) is 4.10. The molecular formula is C17H22N4O2. The summed E-state index contributed by atoms with van der Waals surface area (Å²) in [6, 6.07) is 5.90. The second-order valence-electron chi connectivity index (χ2n) is 5.99. The van der Waals surface area contributed by atoms with Crippen LogP contribution in [0.15, 0.2) is 24.4 Å². The van der Waals surface area contributed by atoms with Gasteiger partial charge in [-0.05, 0) is 38.4 Å². The highest BCUT2D eigenvalue weighted by molar-refractivity contribution is 5.92. The van der Waals surface area contributed by atoms with Crippen LogP contribution < -0.4 is 15.4 Å². The molecule has 1 aliphatic rings. The fraction of sp³-hybridized carbons (Fsp3) is 0.412. The molecule has 0 spiro atoms. The van der Waals surface area contributed by atoms with Crippen LogP contribution in [-0.4, -0.2) is 35.8 Å². The Morgan fingerprint density at radius 1 is 1.43 bits per heavy atom. The van der Waals surface area contributed by atoms with E-state index in [1.807, 2.05) is 32.0 Å². The molecule has 3 rings (SSSR count). The summed E-state index contributed by atoms with van der Waals surface area (Å²) in [5, 5.41) is 13.2. The van der Waals surface area contributed by atoms with E-state index in [0.717, 1.165) is 42.2 Å². The van der Waals surface area contributed by atoms with Crippen LogP contribution in [0, 0.1) is 13.8 Å². The van der Waals surface area contributed by atoms with Gasteiger partial charge in [-0.15, -0.1) is 0 Å². The van der Waals surface area contributed by atoms with E-state index >= 15 is 0 Å². The van der Waals surface area contributed by atoms with Gasteiger partial charge >= 0.3 is 0 Å². The third kappa shape index (κ3) is 3.71. The molecule has 1 saturated heterocycles. The molecule has 1 amide bonds. The fourth-order valence-corrected chi connectivity index (χ4v) is 2.90. The van der Waals surface area contributed by atoms with Crippen LogP contribution in [0.4, 0.5) is 5.69 Å². The van der Waals surface area contributed by atoms with Gasteiger partial charge in [-0.1, -0.05) is 17.7 Å². The lowest BCUT2D eigenvalue weighted by Gasteiger charge is -2.12. The first-order valence-electron chi connectivity index (χ1n) is 7.87. The molecule has 1 unspecified atom stereocenters. The number of ether oxygens (including phenoxy) is 1. The average Bonchev–Trinajstić information content (AvgIpc) is 3.17. The van der Waals surface area contributed by atoms with Crippen LogP contribution >= 0.6 is 0 Å². The number of nitrogens with one attached hydrogen (secondary N) is 3. The van der Waals surface area contributed by atoms with E-state index in [4.69, 9.17) is 4.74 Å². The molecule has 6 heteroatoms. The first-order valence-corrected chi connectivity index (χ1v) is 7.87. The lowest BCUT2D eigenvalue weighted by Crippen LogP contribution is -2.21. The van der Waals surface area contributed by atoms with Gasteiger partial charge in [-0.3, -0.25) is 9.89 Å². The summed E-state index contributed by atoms with van der Waals surface area (Å²) in [6.07, 6.45) is 2.70. The van der Waals surface area contributed by atoms with E-state index < -0.39 is 0 Å². The molecule has 3 N–H and O–H groups in total. The Bertz CT molecular complexity index is 690. The minimum absolute atomic E-state index is 0.0164. The van der Waals surface area contributed by atoms with Crippen molar-refractivity contribution in [3.8, 4) is 5.75 Å². The van der Waals surface area contributed by atoms with Gasteiger partial charge in [0, 0.05) is 12.5 Å². The normalized spacial score (nSPS) is 17.2. The fourth-order valence-electron chi connectivity index (χ4n) is 2.90. The summed E-state index contributed by atoms with van der Waals surface area (Å²) in [5.74, 6) is 0.921. The Morgan fingerprint density at radius 2 is 2.30 bits per heavy atom. The van der Waals surface area contributed by atoms with Crippen molar-refractivity contribution in [2.45, 2.75) is 26.2 Å². The molecule has 1 aliphatic heterocycles. The maximum Gasteiger partial charge on any atom is 0.262 e. The van der Waals surface area contributed by atoms with Crippen molar-refractivity contribution < 1.29 is 9.53 Å². The van der Waals surface area contributed by atoms with E-state index in [1.165, 1.54) is 5.56 Å². The first kappa shape index (κ1) is 15.6. The van der Waals surface area contributed by atoms with Gasteiger partial charge in [-0.25, -0.2) is 0 Å². The second kappa shape index (κ2) is 6.83. The van der Waals surface area contributed by atoms with Gasteiger partial charge < -0.3 is 15.4 Å². The van der Waals surface area contributed by atoms with E-state index in [2.05, 4.69) is 20.8 Å². The number of carbonyl (C=O) groups is 1. The van der Waals surface area contributed by atoms with Gasteiger partial charge in [0.05, 0.1) is 17.6 Å². The number of benzene rings is 1. The third-order valence-electron chi connectivity index (χ3n) is 4.10. The van der Waals surface area contributed by atoms with Crippen LogP contribution in [0.3, 0.4) is 0 Å². The predicted molar refractivity (Wildman–Crippen MR) is 88.9 cm³/mol. The number of aromatic amines is 1. The molecule has 0 aliphatic carbocycles. The Balaban J connectivity index is 1.58. The van der Waals surface area contributed by atoms with Crippen LogP contribution in [-0.2, 0) is 4.79 Å². The number of aromatic nitrogens is 2. The number of hydrogen-bond donors (Lipinski definition) is 3. The largest absolute Gasteiger partial charge is 0.483 e. The highest BCUT2D eigenvalue weighted by atomic mass is 16.5. The molecule has 1 fully saturated rings. The molecule has 2 heterocycles. The summed E-state index contributed by atoms with van der Waals surface area (Å²) >= 11 is 0. The Morgan fingerprint density at radius 3 is 3.04 bits per heavy atom. The number of amides is 1. The smallest absolute Gasteiger partial charge is 0.262 e. The molecule has 23 heavy (non-hydrogen) atoms. The van der Waals surface area contributed by atoms with Gasteiger partial charge in [0.1, 0.15) is 5.75 Å². The Hall–Kier alpha value is -2.34. The number of rotatable bonds is 5. The molecule has 2 aromatic rings. The molecule has 0 bridgehead atoms. The van der Waals surface area contributed by atoms with Crippen molar-refractivity contribution in [1.82, 2.24) is 15.5 Å². The maximum atomic E-state index is 12.1. The molecule has 0 saturated carbocycles. The lowest BCUT2D eigenvalue weighted by atomic mass is 10.0. The minimum atomic E-state index is -0.182. The zero-order valence-corrected chi connectivity index (χ0v) is 13.5. The number of H-pyrrole nitrogens is 1. The maximum absolute atomic E-state index is 12.1. The molecule has 6 nitrogen and oxygen atoms in total. The van der Waals surface area contributed by atoms with Crippen molar-refractivity contribution in [3.05, 3.63) is 41.2 Å². The van der Waals surface area contributed by atoms with Crippen molar-refractivity contribution >= 4 is 11.6 Å². The summed E-state index contributed by atoms with van der Waals surface area (Å²) in [4.78, 5) is 12.1. The summed E-state index contributed by atoms with van der Waals surface area (Å²) < 4.78 is 5.61. The van der Waals surface area contributed by atoms with Gasteiger partial charge in [0.15, 0.2) is 6.61 Å². The highest BCUT2D eigenvalue weighted by Gasteiger charge is 2.22. The van der Waals surface area contributed by atoms with Crippen molar-refractivity contribution in [2.75, 3.05) is 25.0 Å². The van der Waals surface area contributed by atoms with Gasteiger partial charge in [0.25, 0.3) is 5.91 Å². The number of aryl methyl sites for hydroxylation is 2. The zero-order chi connectivity index (χ0) is 16.2. The Labute approximate surface area is 135 Å². The molecule has 1 atom stereocenters. The average molecular weight is 314 g/mol. The van der Waals surface area contributed by atoms with Crippen LogP contribution in [0.2, 0.25) is 0 Å². The summed E-state index contributed by atoms with van der Waals surface area (Å²) in [5.41, 5.74) is 3.93. The second-order valence-corrected chi connectivity index (χ2v) is 5.99. The lowest BCUT2D eigenvalue weighted by molar-refractivity contribution is -0.118. The van der Waals surface area contributed by atoms with Gasteiger partial charge in [0.2, 0.25) is 0 Å². The SMILES string of the molecule is Cc1ccc(OCC(=O)Nc2cn[nH]c2C2CCNC2)c(C)c1. The first-order chi connectivity index (χ1) is 11.1. The van der Waals surface area contributed by atoms with Gasteiger partial charge in [-0.2, -0.15) is 5.10 Å². The highest BCUT2D eigenvalue weighted by Crippen LogP contribution is 2.26. The standard InChI is InChI=1S/C17H22N4O2/c1-11-3-4-15(12(2)7-11)23-10-16(22)20-14-9-19-21-17(14)13-5-6-18-8-13/h3-4,7,9,13,18H,5-6,8,10H2,1-2H3,(H,19,21)(H,20,22). The van der Waals surface area contributed by atoms with Crippen molar-refractivity contribution in [3.63, 3.8) is 0 Å². The van der Waals surface area contributed by atoms with E-state index in [1.54, 1.807) is 6.20 Å². The summed E-state index contributed by atoms with van der Waals surface area (Å²) in [6.45, 7) is 5.89. The van der Waals surface area contributed by atoms with Crippen LogP contribution in [0.25, 0.3) is 0 Å². The van der Waals surface area contributed by atoms with E-state index in [9.17, 15) is 4.79 Å². The molecular weight excluding hydrogens is 292 g/mol.